The Balaban J connectivity index is 2.77. The molecule has 0 radical (unpaired) electrons. The molecular formula is C10H15Br. The normalized spacial score (nSPS) is 36.1. The molecule has 62 valence electrons. The number of rotatable bonds is 2. The zero-order valence-electron chi connectivity index (χ0n) is 7.18. The minimum absolute atomic E-state index is 0.337. The molecule has 0 aromatic rings. The van der Waals surface area contributed by atoms with Gasteiger partial charge in [-0.2, -0.15) is 0 Å². The lowest BCUT2D eigenvalue weighted by molar-refractivity contribution is 0.340. The standard InChI is InChI=1S/C10H15Br/c1-3-9-6-4-5-7-10(9,2)8-11/h4-7,9H,3,8H2,1-2H3. The number of hydrogen-bond donors (Lipinski definition) is 0. The predicted molar refractivity (Wildman–Crippen MR) is 54.0 cm³/mol. The van der Waals surface area contributed by atoms with Crippen molar-refractivity contribution in [2.75, 3.05) is 5.33 Å². The summed E-state index contributed by atoms with van der Waals surface area (Å²) >= 11 is 3.56. The van der Waals surface area contributed by atoms with Gasteiger partial charge in [0.2, 0.25) is 0 Å². The van der Waals surface area contributed by atoms with Gasteiger partial charge >= 0.3 is 0 Å². The summed E-state index contributed by atoms with van der Waals surface area (Å²) in [6, 6.07) is 0. The molecule has 0 heterocycles. The van der Waals surface area contributed by atoms with E-state index in [1.165, 1.54) is 6.42 Å². The molecule has 0 spiro atoms. The number of hydrogen-bond acceptors (Lipinski definition) is 0. The minimum atomic E-state index is 0.337. The Morgan fingerprint density at radius 3 is 2.64 bits per heavy atom. The van der Waals surface area contributed by atoms with Crippen LogP contribution in [0.1, 0.15) is 20.3 Å². The van der Waals surface area contributed by atoms with Gasteiger partial charge in [-0.3, -0.25) is 0 Å². The monoisotopic (exact) mass is 214 g/mol. The van der Waals surface area contributed by atoms with Crippen LogP contribution in [0.15, 0.2) is 24.3 Å². The van der Waals surface area contributed by atoms with Crippen LogP contribution >= 0.6 is 15.9 Å². The van der Waals surface area contributed by atoms with Crippen LogP contribution in [0.5, 0.6) is 0 Å². The van der Waals surface area contributed by atoms with Crippen molar-refractivity contribution in [1.82, 2.24) is 0 Å². The Hall–Kier alpha value is -0.0400. The highest BCUT2D eigenvalue weighted by molar-refractivity contribution is 9.09. The molecule has 2 unspecified atom stereocenters. The summed E-state index contributed by atoms with van der Waals surface area (Å²) in [6.45, 7) is 4.55. The first-order chi connectivity index (χ1) is 5.23. The third kappa shape index (κ3) is 1.76. The molecule has 0 aromatic carbocycles. The number of halogens is 1. The lowest BCUT2D eigenvalue weighted by Crippen LogP contribution is -2.26. The average Bonchev–Trinajstić information content (AvgIpc) is 2.05. The van der Waals surface area contributed by atoms with E-state index in [0.717, 1.165) is 5.33 Å². The summed E-state index contributed by atoms with van der Waals surface area (Å²) in [7, 11) is 0. The van der Waals surface area contributed by atoms with Gasteiger partial charge < -0.3 is 0 Å². The first kappa shape index (κ1) is 9.05. The van der Waals surface area contributed by atoms with E-state index >= 15 is 0 Å². The van der Waals surface area contributed by atoms with Crippen molar-refractivity contribution in [2.45, 2.75) is 20.3 Å². The Labute approximate surface area is 77.5 Å². The Morgan fingerprint density at radius 2 is 2.18 bits per heavy atom. The smallest absolute Gasteiger partial charge is 0.0126 e. The molecule has 1 heteroatoms. The van der Waals surface area contributed by atoms with Crippen molar-refractivity contribution in [3.05, 3.63) is 24.3 Å². The molecule has 0 aromatic heterocycles. The van der Waals surface area contributed by atoms with Crippen LogP contribution in [0.3, 0.4) is 0 Å². The summed E-state index contributed by atoms with van der Waals surface area (Å²) in [4.78, 5) is 0. The number of allylic oxidation sites excluding steroid dienone is 4. The second-order valence-electron chi connectivity index (χ2n) is 3.40. The van der Waals surface area contributed by atoms with Crippen molar-refractivity contribution in [3.63, 3.8) is 0 Å². The van der Waals surface area contributed by atoms with Crippen LogP contribution in [-0.2, 0) is 0 Å². The molecule has 0 aliphatic heterocycles. The average molecular weight is 215 g/mol. The highest BCUT2D eigenvalue weighted by atomic mass is 79.9. The van der Waals surface area contributed by atoms with E-state index in [1.807, 2.05) is 0 Å². The molecule has 0 fully saturated rings. The van der Waals surface area contributed by atoms with Crippen molar-refractivity contribution >= 4 is 15.9 Å². The summed E-state index contributed by atoms with van der Waals surface area (Å²) in [5, 5.41) is 1.05. The molecule has 0 saturated carbocycles. The Morgan fingerprint density at radius 1 is 1.45 bits per heavy atom. The van der Waals surface area contributed by atoms with Crippen molar-refractivity contribution in [2.24, 2.45) is 11.3 Å². The van der Waals surface area contributed by atoms with Crippen LogP contribution < -0.4 is 0 Å². The van der Waals surface area contributed by atoms with Crippen LogP contribution in [0, 0.1) is 11.3 Å². The van der Waals surface area contributed by atoms with Gasteiger partial charge in [0.25, 0.3) is 0 Å². The van der Waals surface area contributed by atoms with Crippen LogP contribution in [0.25, 0.3) is 0 Å². The SMILES string of the molecule is CCC1C=CC=CC1(C)CBr. The van der Waals surface area contributed by atoms with Crippen molar-refractivity contribution in [3.8, 4) is 0 Å². The Kier molecular flexibility index (Phi) is 2.94. The van der Waals surface area contributed by atoms with E-state index in [9.17, 15) is 0 Å². The molecule has 0 bridgehead atoms. The maximum absolute atomic E-state index is 3.56. The van der Waals surface area contributed by atoms with Crippen molar-refractivity contribution in [1.29, 1.82) is 0 Å². The molecule has 1 aliphatic rings. The molecule has 0 N–H and O–H groups in total. The maximum atomic E-state index is 3.56. The Bertz CT molecular complexity index is 181. The molecule has 1 aliphatic carbocycles. The zero-order chi connectivity index (χ0) is 8.32. The maximum Gasteiger partial charge on any atom is 0.0126 e. The van der Waals surface area contributed by atoms with Gasteiger partial charge in [0, 0.05) is 10.7 Å². The fraction of sp³-hybridized carbons (Fsp3) is 0.600. The van der Waals surface area contributed by atoms with E-state index in [2.05, 4.69) is 54.1 Å². The first-order valence-electron chi connectivity index (χ1n) is 4.15. The number of alkyl halides is 1. The first-order valence-corrected chi connectivity index (χ1v) is 5.27. The molecule has 0 nitrogen and oxygen atoms in total. The van der Waals surface area contributed by atoms with Gasteiger partial charge in [0.05, 0.1) is 0 Å². The second-order valence-corrected chi connectivity index (χ2v) is 3.96. The van der Waals surface area contributed by atoms with E-state index in [0.29, 0.717) is 11.3 Å². The summed E-state index contributed by atoms with van der Waals surface area (Å²) in [5.41, 5.74) is 0.337. The lowest BCUT2D eigenvalue weighted by Gasteiger charge is -2.32. The quantitative estimate of drug-likeness (QED) is 0.618. The van der Waals surface area contributed by atoms with Gasteiger partial charge in [0.1, 0.15) is 0 Å². The third-order valence-electron chi connectivity index (χ3n) is 2.51. The largest absolute Gasteiger partial charge is 0.0919 e. The van der Waals surface area contributed by atoms with E-state index in [4.69, 9.17) is 0 Å². The van der Waals surface area contributed by atoms with Crippen LogP contribution in [0.2, 0.25) is 0 Å². The van der Waals surface area contributed by atoms with Crippen LogP contribution in [0.4, 0.5) is 0 Å². The van der Waals surface area contributed by atoms with Crippen molar-refractivity contribution < 1.29 is 0 Å². The third-order valence-corrected chi connectivity index (χ3v) is 3.71. The topological polar surface area (TPSA) is 0 Å². The molecule has 1 rings (SSSR count). The molecule has 2 atom stereocenters. The van der Waals surface area contributed by atoms with Gasteiger partial charge in [-0.05, 0) is 12.3 Å². The van der Waals surface area contributed by atoms with E-state index in [-0.39, 0.29) is 0 Å². The second kappa shape index (κ2) is 3.57. The highest BCUT2D eigenvalue weighted by Gasteiger charge is 2.28. The van der Waals surface area contributed by atoms with E-state index < -0.39 is 0 Å². The van der Waals surface area contributed by atoms with E-state index in [1.54, 1.807) is 0 Å². The van der Waals surface area contributed by atoms with Gasteiger partial charge in [-0.1, -0.05) is 54.1 Å². The van der Waals surface area contributed by atoms with Gasteiger partial charge in [0.15, 0.2) is 0 Å². The minimum Gasteiger partial charge on any atom is -0.0919 e. The molecular weight excluding hydrogens is 200 g/mol. The van der Waals surface area contributed by atoms with Gasteiger partial charge in [-0.25, -0.2) is 0 Å². The fourth-order valence-corrected chi connectivity index (χ4v) is 2.17. The summed E-state index contributed by atoms with van der Waals surface area (Å²) in [6.07, 6.45) is 10.1. The lowest BCUT2D eigenvalue weighted by atomic mass is 9.75. The zero-order valence-corrected chi connectivity index (χ0v) is 8.76. The van der Waals surface area contributed by atoms with Crippen LogP contribution in [-0.4, -0.2) is 5.33 Å². The summed E-state index contributed by atoms with van der Waals surface area (Å²) in [5.74, 6) is 0.701. The fourth-order valence-electron chi connectivity index (χ4n) is 1.56. The molecule has 0 saturated heterocycles. The van der Waals surface area contributed by atoms with Gasteiger partial charge in [-0.15, -0.1) is 0 Å². The summed E-state index contributed by atoms with van der Waals surface area (Å²) < 4.78 is 0. The molecule has 11 heavy (non-hydrogen) atoms. The molecule has 0 amide bonds. The highest BCUT2D eigenvalue weighted by Crippen LogP contribution is 2.36. The predicted octanol–water partition coefficient (Wildman–Crippen LogP) is 3.54.